The van der Waals surface area contributed by atoms with Crippen molar-refractivity contribution >= 4 is 5.91 Å². The normalized spacial score (nSPS) is 15.0. The van der Waals surface area contributed by atoms with Crippen molar-refractivity contribution in [3.8, 4) is 0 Å². The molecular weight excluding hydrogens is 281 g/mol. The minimum Gasteiger partial charge on any atom is -0.335 e. The molecule has 0 atom stereocenters. The second-order valence-corrected chi connectivity index (χ2v) is 5.30. The lowest BCUT2D eigenvalue weighted by Crippen LogP contribution is -2.33. The number of hydrogen-bond acceptors (Lipinski definition) is 2. The topological polar surface area (TPSA) is 46.3 Å². The van der Waals surface area contributed by atoms with Crippen LogP contribution in [0.5, 0.6) is 0 Å². The molecule has 0 bridgehead atoms. The van der Waals surface area contributed by atoms with Gasteiger partial charge in [0.15, 0.2) is 0 Å². The molecule has 0 aliphatic heterocycles. The highest BCUT2D eigenvalue weighted by molar-refractivity contribution is 5.77. The minimum atomic E-state index is -4.40. The number of rotatable bonds is 6. The maximum absolute atomic E-state index is 13.0. The van der Waals surface area contributed by atoms with E-state index in [9.17, 15) is 18.0 Å². The lowest BCUT2D eigenvalue weighted by atomic mass is 10.1. The number of amides is 1. The molecule has 6 heteroatoms. The third-order valence-electron chi connectivity index (χ3n) is 3.57. The summed E-state index contributed by atoms with van der Waals surface area (Å²) in [6.45, 7) is 0.424. The van der Waals surface area contributed by atoms with Gasteiger partial charge in [-0.15, -0.1) is 0 Å². The Balaban J connectivity index is 2.16. The van der Waals surface area contributed by atoms with E-state index < -0.39 is 11.7 Å². The van der Waals surface area contributed by atoms with Gasteiger partial charge in [0.1, 0.15) is 0 Å². The Kier molecular flexibility index (Phi) is 4.88. The molecule has 0 aromatic heterocycles. The summed E-state index contributed by atoms with van der Waals surface area (Å²) in [6, 6.07) is 5.51. The van der Waals surface area contributed by atoms with Crippen molar-refractivity contribution in [3.05, 3.63) is 35.4 Å². The highest BCUT2D eigenvalue weighted by Crippen LogP contribution is 2.35. The van der Waals surface area contributed by atoms with Gasteiger partial charge in [-0.25, -0.2) is 0 Å². The highest BCUT2D eigenvalue weighted by atomic mass is 19.4. The fourth-order valence-electron chi connectivity index (χ4n) is 2.32. The van der Waals surface area contributed by atoms with Crippen LogP contribution in [0.25, 0.3) is 0 Å². The van der Waals surface area contributed by atoms with Crippen LogP contribution in [0.1, 0.15) is 36.8 Å². The average Bonchev–Trinajstić information content (AvgIpc) is 3.26. The Hall–Kier alpha value is -1.56. The molecule has 1 aromatic carbocycles. The van der Waals surface area contributed by atoms with Crippen LogP contribution in [0.2, 0.25) is 0 Å². The molecule has 0 heterocycles. The number of nitrogens with two attached hydrogens (primary N) is 1. The third kappa shape index (κ3) is 4.20. The van der Waals surface area contributed by atoms with Crippen LogP contribution in [0.4, 0.5) is 13.2 Å². The number of carbonyl (C=O) groups excluding carboxylic acids is 1. The van der Waals surface area contributed by atoms with Gasteiger partial charge >= 0.3 is 6.18 Å². The Morgan fingerprint density at radius 1 is 1.29 bits per heavy atom. The Morgan fingerprint density at radius 2 is 1.95 bits per heavy atom. The van der Waals surface area contributed by atoms with Gasteiger partial charge in [0.05, 0.1) is 5.56 Å². The van der Waals surface area contributed by atoms with E-state index in [0.717, 1.165) is 18.9 Å². The molecule has 1 aliphatic carbocycles. The summed E-state index contributed by atoms with van der Waals surface area (Å²) in [7, 11) is 0. The summed E-state index contributed by atoms with van der Waals surface area (Å²) in [6.07, 6.45) is -1.82. The van der Waals surface area contributed by atoms with Gasteiger partial charge in [-0.05, 0) is 37.4 Å². The zero-order chi connectivity index (χ0) is 15.5. The molecule has 1 aliphatic rings. The van der Waals surface area contributed by atoms with Gasteiger partial charge in [0.25, 0.3) is 0 Å². The number of hydrogen-bond donors (Lipinski definition) is 1. The standard InChI is InChI=1S/C15H19F3N2O/c16-15(17,18)13-5-2-1-4-11(13)10-20(12-7-8-12)14(21)6-3-9-19/h1-2,4-5,12H,3,6-10,19H2. The van der Waals surface area contributed by atoms with Crippen LogP contribution in [-0.2, 0) is 17.5 Å². The minimum absolute atomic E-state index is 0.0176. The smallest absolute Gasteiger partial charge is 0.335 e. The van der Waals surface area contributed by atoms with Crippen LogP contribution < -0.4 is 5.73 Å². The van der Waals surface area contributed by atoms with E-state index in [1.54, 1.807) is 11.0 Å². The summed E-state index contributed by atoms with van der Waals surface area (Å²) >= 11 is 0. The molecule has 3 nitrogen and oxygen atoms in total. The average molecular weight is 300 g/mol. The SMILES string of the molecule is NCCCC(=O)N(Cc1ccccc1C(F)(F)F)C1CC1. The maximum Gasteiger partial charge on any atom is 0.416 e. The lowest BCUT2D eigenvalue weighted by Gasteiger charge is -2.24. The molecule has 0 saturated heterocycles. The molecule has 2 N–H and O–H groups in total. The number of carbonyl (C=O) groups is 1. The number of alkyl halides is 3. The highest BCUT2D eigenvalue weighted by Gasteiger charge is 2.36. The first-order valence-corrected chi connectivity index (χ1v) is 7.08. The first-order valence-electron chi connectivity index (χ1n) is 7.08. The zero-order valence-corrected chi connectivity index (χ0v) is 11.7. The predicted octanol–water partition coefficient (Wildman–Crippen LogP) is 2.94. The van der Waals surface area contributed by atoms with Crippen molar-refractivity contribution in [1.82, 2.24) is 4.90 Å². The fourth-order valence-corrected chi connectivity index (χ4v) is 2.32. The summed E-state index contributed by atoms with van der Waals surface area (Å²) in [5, 5.41) is 0. The number of nitrogens with zero attached hydrogens (tertiary/aromatic N) is 1. The van der Waals surface area contributed by atoms with Crippen molar-refractivity contribution < 1.29 is 18.0 Å². The predicted molar refractivity (Wildman–Crippen MR) is 73.3 cm³/mol. The summed E-state index contributed by atoms with van der Waals surface area (Å²) in [5.41, 5.74) is 4.87. The van der Waals surface area contributed by atoms with Crippen LogP contribution in [0.15, 0.2) is 24.3 Å². The fraction of sp³-hybridized carbons (Fsp3) is 0.533. The molecule has 1 saturated carbocycles. The summed E-state index contributed by atoms with van der Waals surface area (Å²) < 4.78 is 39.0. The van der Waals surface area contributed by atoms with Gasteiger partial charge in [0.2, 0.25) is 5.91 Å². The Bertz CT molecular complexity index is 498. The van der Waals surface area contributed by atoms with Crippen LogP contribution in [0, 0.1) is 0 Å². The van der Waals surface area contributed by atoms with Gasteiger partial charge in [-0.2, -0.15) is 13.2 Å². The Morgan fingerprint density at radius 3 is 2.52 bits per heavy atom. The quantitative estimate of drug-likeness (QED) is 0.878. The molecule has 0 radical (unpaired) electrons. The van der Waals surface area contributed by atoms with Crippen molar-refractivity contribution in [2.45, 2.75) is 44.4 Å². The summed E-state index contributed by atoms with van der Waals surface area (Å²) in [4.78, 5) is 13.7. The van der Waals surface area contributed by atoms with Crippen LogP contribution >= 0.6 is 0 Å². The molecule has 0 unspecified atom stereocenters. The van der Waals surface area contributed by atoms with E-state index in [2.05, 4.69) is 0 Å². The molecule has 116 valence electrons. The molecular formula is C15H19F3N2O. The number of benzene rings is 1. The van der Waals surface area contributed by atoms with Gasteiger partial charge < -0.3 is 10.6 Å². The van der Waals surface area contributed by atoms with Gasteiger partial charge in [-0.1, -0.05) is 18.2 Å². The lowest BCUT2D eigenvalue weighted by molar-refractivity contribution is -0.140. The molecule has 2 rings (SSSR count). The van der Waals surface area contributed by atoms with Crippen LogP contribution in [-0.4, -0.2) is 23.4 Å². The second kappa shape index (κ2) is 6.47. The van der Waals surface area contributed by atoms with Crippen molar-refractivity contribution in [2.24, 2.45) is 5.73 Å². The number of halogens is 3. The molecule has 1 amide bonds. The van der Waals surface area contributed by atoms with E-state index in [1.807, 2.05) is 0 Å². The zero-order valence-electron chi connectivity index (χ0n) is 11.7. The monoisotopic (exact) mass is 300 g/mol. The van der Waals surface area contributed by atoms with Crippen LogP contribution in [0.3, 0.4) is 0 Å². The first kappa shape index (κ1) is 15.8. The van der Waals surface area contributed by atoms with E-state index in [0.29, 0.717) is 19.4 Å². The summed E-state index contributed by atoms with van der Waals surface area (Å²) in [5.74, 6) is -0.111. The van der Waals surface area contributed by atoms with Crippen molar-refractivity contribution in [2.75, 3.05) is 6.54 Å². The van der Waals surface area contributed by atoms with E-state index in [4.69, 9.17) is 5.73 Å². The van der Waals surface area contributed by atoms with E-state index in [-0.39, 0.29) is 24.1 Å². The maximum atomic E-state index is 13.0. The largest absolute Gasteiger partial charge is 0.416 e. The van der Waals surface area contributed by atoms with Crippen molar-refractivity contribution in [3.63, 3.8) is 0 Å². The van der Waals surface area contributed by atoms with Gasteiger partial charge in [0, 0.05) is 19.0 Å². The Labute approximate surface area is 121 Å². The third-order valence-corrected chi connectivity index (χ3v) is 3.57. The van der Waals surface area contributed by atoms with Crippen molar-refractivity contribution in [1.29, 1.82) is 0 Å². The van der Waals surface area contributed by atoms with E-state index >= 15 is 0 Å². The first-order chi connectivity index (χ1) is 9.93. The van der Waals surface area contributed by atoms with E-state index in [1.165, 1.54) is 12.1 Å². The van der Waals surface area contributed by atoms with Gasteiger partial charge in [-0.3, -0.25) is 4.79 Å². The molecule has 0 spiro atoms. The molecule has 1 aromatic rings. The second-order valence-electron chi connectivity index (χ2n) is 5.30. The molecule has 1 fully saturated rings. The molecule has 21 heavy (non-hydrogen) atoms.